The molecule has 1 aromatic carbocycles. The molecule has 29 heavy (non-hydrogen) atoms. The smallest absolute Gasteiger partial charge is 0.220 e. The van der Waals surface area contributed by atoms with E-state index in [1.54, 1.807) is 21.3 Å². The Morgan fingerprint density at radius 1 is 1.03 bits per heavy atom. The van der Waals surface area contributed by atoms with Crippen LogP contribution in [0.5, 0.6) is 11.5 Å². The topological polar surface area (TPSA) is 84.0 Å². The van der Waals surface area contributed by atoms with Gasteiger partial charge in [0.1, 0.15) is 0 Å². The molecule has 1 amide bonds. The molecule has 0 aromatic heterocycles. The van der Waals surface area contributed by atoms with Gasteiger partial charge in [-0.05, 0) is 42.9 Å². The number of hydrogen-bond donors (Lipinski definition) is 3. The summed E-state index contributed by atoms with van der Waals surface area (Å²) in [5.41, 5.74) is 1.15. The summed E-state index contributed by atoms with van der Waals surface area (Å²) in [4.78, 5) is 16.2. The predicted molar refractivity (Wildman–Crippen MR) is 128 cm³/mol. The molecule has 8 heteroatoms. The maximum Gasteiger partial charge on any atom is 0.220 e. The number of ether oxygens (including phenoxy) is 2. The van der Waals surface area contributed by atoms with Crippen molar-refractivity contribution in [3.05, 3.63) is 23.8 Å². The zero-order chi connectivity index (χ0) is 20.2. The van der Waals surface area contributed by atoms with Crippen molar-refractivity contribution >= 4 is 35.8 Å². The van der Waals surface area contributed by atoms with E-state index < -0.39 is 0 Å². The second-order valence-corrected chi connectivity index (χ2v) is 7.07. The lowest BCUT2D eigenvalue weighted by molar-refractivity contribution is -0.121. The third-order valence-electron chi connectivity index (χ3n) is 5.07. The molecule has 2 rings (SSSR count). The van der Waals surface area contributed by atoms with Crippen LogP contribution in [0, 0.1) is 5.92 Å². The number of carbonyl (C=O) groups excluding carboxylic acids is 1. The summed E-state index contributed by atoms with van der Waals surface area (Å²) in [5, 5.41) is 9.49. The third-order valence-corrected chi connectivity index (χ3v) is 5.07. The number of benzene rings is 1. The van der Waals surface area contributed by atoms with E-state index in [0.717, 1.165) is 36.0 Å². The molecule has 1 saturated carbocycles. The lowest BCUT2D eigenvalue weighted by atomic mass is 10.0. The first-order valence-corrected chi connectivity index (χ1v) is 10.1. The van der Waals surface area contributed by atoms with Gasteiger partial charge in [-0.15, -0.1) is 24.0 Å². The maximum absolute atomic E-state index is 11.9. The monoisotopic (exact) mass is 518 g/mol. The fourth-order valence-corrected chi connectivity index (χ4v) is 3.51. The van der Waals surface area contributed by atoms with Crippen molar-refractivity contribution in [2.75, 3.05) is 40.9 Å². The SMILES string of the molecule is CN=C(NCCNC(=O)CC1CCCC1)NCCc1ccc(OC)c(OC)c1.I. The standard InChI is InChI=1S/C21H34N4O3.HI/c1-22-21(25-13-12-23-20(26)15-16-6-4-5-7-16)24-11-10-17-8-9-18(27-2)19(14-17)28-3;/h8-9,14,16H,4-7,10-13,15H2,1-3H3,(H,23,26)(H2,22,24,25);1H. The maximum atomic E-state index is 11.9. The molecule has 3 N–H and O–H groups in total. The molecular formula is C21H35IN4O3. The Bertz CT molecular complexity index is 649. The minimum absolute atomic E-state index is 0. The fourth-order valence-electron chi connectivity index (χ4n) is 3.51. The summed E-state index contributed by atoms with van der Waals surface area (Å²) in [6.07, 6.45) is 6.43. The van der Waals surface area contributed by atoms with Gasteiger partial charge >= 0.3 is 0 Å². The van der Waals surface area contributed by atoms with Crippen LogP contribution < -0.4 is 25.4 Å². The van der Waals surface area contributed by atoms with Crippen molar-refractivity contribution in [2.45, 2.75) is 38.5 Å². The highest BCUT2D eigenvalue weighted by molar-refractivity contribution is 14.0. The van der Waals surface area contributed by atoms with Crippen molar-refractivity contribution in [1.82, 2.24) is 16.0 Å². The van der Waals surface area contributed by atoms with Gasteiger partial charge in [-0.25, -0.2) is 0 Å². The summed E-state index contributed by atoms with van der Waals surface area (Å²) in [5.74, 6) is 2.93. The van der Waals surface area contributed by atoms with E-state index in [1.165, 1.54) is 25.7 Å². The van der Waals surface area contributed by atoms with Gasteiger partial charge in [0.25, 0.3) is 0 Å². The number of amides is 1. The highest BCUT2D eigenvalue weighted by atomic mass is 127. The first kappa shape index (κ1) is 25.3. The fraction of sp³-hybridized carbons (Fsp3) is 0.619. The predicted octanol–water partition coefficient (Wildman–Crippen LogP) is 2.73. The van der Waals surface area contributed by atoms with Crippen molar-refractivity contribution in [3.8, 4) is 11.5 Å². The van der Waals surface area contributed by atoms with Crippen LogP contribution in [0.25, 0.3) is 0 Å². The molecule has 0 aliphatic heterocycles. The van der Waals surface area contributed by atoms with E-state index in [4.69, 9.17) is 9.47 Å². The van der Waals surface area contributed by atoms with Crippen LogP contribution in [-0.2, 0) is 11.2 Å². The summed E-state index contributed by atoms with van der Waals surface area (Å²) in [6, 6.07) is 5.92. The van der Waals surface area contributed by atoms with Crippen LogP contribution in [0.3, 0.4) is 0 Å². The Balaban J connectivity index is 0.00000420. The average Bonchev–Trinajstić information content (AvgIpc) is 3.22. The van der Waals surface area contributed by atoms with Crippen LogP contribution in [-0.4, -0.2) is 52.8 Å². The molecule has 1 aliphatic rings. The second-order valence-electron chi connectivity index (χ2n) is 7.07. The summed E-state index contributed by atoms with van der Waals surface area (Å²) < 4.78 is 10.6. The van der Waals surface area contributed by atoms with Gasteiger partial charge in [-0.3, -0.25) is 9.79 Å². The molecule has 0 bridgehead atoms. The highest BCUT2D eigenvalue weighted by Crippen LogP contribution is 2.28. The number of rotatable bonds is 10. The van der Waals surface area contributed by atoms with Crippen molar-refractivity contribution < 1.29 is 14.3 Å². The molecule has 1 aromatic rings. The van der Waals surface area contributed by atoms with E-state index in [2.05, 4.69) is 20.9 Å². The number of aliphatic imine (C=N–C) groups is 1. The number of carbonyl (C=O) groups is 1. The van der Waals surface area contributed by atoms with Gasteiger partial charge in [-0.2, -0.15) is 0 Å². The van der Waals surface area contributed by atoms with Crippen LogP contribution in [0.4, 0.5) is 0 Å². The normalized spacial score (nSPS) is 14.1. The van der Waals surface area contributed by atoms with Crippen LogP contribution in [0.1, 0.15) is 37.7 Å². The molecular weight excluding hydrogens is 483 g/mol. The average molecular weight is 518 g/mol. The molecule has 1 aliphatic carbocycles. The Hall–Kier alpha value is -1.71. The minimum Gasteiger partial charge on any atom is -0.493 e. The summed E-state index contributed by atoms with van der Waals surface area (Å²) in [6.45, 7) is 1.98. The number of nitrogens with zero attached hydrogens (tertiary/aromatic N) is 1. The van der Waals surface area contributed by atoms with Crippen molar-refractivity contribution in [1.29, 1.82) is 0 Å². The lowest BCUT2D eigenvalue weighted by Crippen LogP contribution is -2.42. The van der Waals surface area contributed by atoms with Gasteiger partial charge < -0.3 is 25.4 Å². The van der Waals surface area contributed by atoms with Gasteiger partial charge in [0.05, 0.1) is 14.2 Å². The van der Waals surface area contributed by atoms with Crippen molar-refractivity contribution in [2.24, 2.45) is 10.9 Å². The van der Waals surface area contributed by atoms with E-state index in [9.17, 15) is 4.79 Å². The zero-order valence-electron chi connectivity index (χ0n) is 17.8. The molecule has 0 heterocycles. The van der Waals surface area contributed by atoms with Crippen molar-refractivity contribution in [3.63, 3.8) is 0 Å². The minimum atomic E-state index is 0. The summed E-state index contributed by atoms with van der Waals surface area (Å²) >= 11 is 0. The second kappa shape index (κ2) is 14.3. The number of halogens is 1. The van der Waals surface area contributed by atoms with Gasteiger partial charge in [0, 0.05) is 33.1 Å². The Morgan fingerprint density at radius 2 is 1.69 bits per heavy atom. The Kier molecular flexibility index (Phi) is 12.5. The van der Waals surface area contributed by atoms with Gasteiger partial charge in [0.15, 0.2) is 17.5 Å². The van der Waals surface area contributed by atoms with E-state index in [-0.39, 0.29) is 29.9 Å². The zero-order valence-corrected chi connectivity index (χ0v) is 20.1. The Morgan fingerprint density at radius 3 is 2.34 bits per heavy atom. The van der Waals surface area contributed by atoms with Crippen LogP contribution in [0.15, 0.2) is 23.2 Å². The van der Waals surface area contributed by atoms with Crippen LogP contribution >= 0.6 is 24.0 Å². The third kappa shape index (κ3) is 9.10. The quantitative estimate of drug-likeness (QED) is 0.192. The number of hydrogen-bond acceptors (Lipinski definition) is 4. The molecule has 0 spiro atoms. The number of nitrogens with one attached hydrogen (secondary N) is 3. The van der Waals surface area contributed by atoms with Gasteiger partial charge in [-0.1, -0.05) is 18.9 Å². The molecule has 0 radical (unpaired) electrons. The number of guanidine groups is 1. The molecule has 7 nitrogen and oxygen atoms in total. The molecule has 0 saturated heterocycles. The highest BCUT2D eigenvalue weighted by Gasteiger charge is 2.17. The summed E-state index contributed by atoms with van der Waals surface area (Å²) in [7, 11) is 5.01. The molecule has 0 unspecified atom stereocenters. The van der Waals surface area contributed by atoms with E-state index in [0.29, 0.717) is 25.4 Å². The Labute approximate surface area is 191 Å². The van der Waals surface area contributed by atoms with E-state index >= 15 is 0 Å². The number of methoxy groups -OCH3 is 2. The molecule has 164 valence electrons. The van der Waals surface area contributed by atoms with Crippen LogP contribution in [0.2, 0.25) is 0 Å². The lowest BCUT2D eigenvalue weighted by Gasteiger charge is -2.14. The molecule has 0 atom stereocenters. The first-order valence-electron chi connectivity index (χ1n) is 10.1. The van der Waals surface area contributed by atoms with Gasteiger partial charge in [0.2, 0.25) is 5.91 Å². The molecule has 1 fully saturated rings. The largest absolute Gasteiger partial charge is 0.493 e. The first-order chi connectivity index (χ1) is 13.7. The van der Waals surface area contributed by atoms with E-state index in [1.807, 2.05) is 18.2 Å².